The van der Waals surface area contributed by atoms with Gasteiger partial charge in [0.2, 0.25) is 0 Å². The van der Waals surface area contributed by atoms with Crippen LogP contribution < -0.4 is 9.47 Å². The first-order valence-corrected chi connectivity index (χ1v) is 8.51. The van der Waals surface area contributed by atoms with E-state index in [9.17, 15) is 4.79 Å². The molecule has 0 atom stereocenters. The second kappa shape index (κ2) is 8.05. The molecule has 7 heteroatoms. The Kier molecular flexibility index (Phi) is 5.58. The van der Waals surface area contributed by atoms with Crippen molar-refractivity contribution in [1.29, 1.82) is 0 Å². The van der Waals surface area contributed by atoms with Crippen LogP contribution in [0.2, 0.25) is 0 Å². The number of halogens is 1. The van der Waals surface area contributed by atoms with E-state index >= 15 is 0 Å². The number of carbonyl (C=O) groups excluding carboxylic acids is 1. The van der Waals surface area contributed by atoms with Gasteiger partial charge in [-0.2, -0.15) is 0 Å². The number of hydrogen-bond donors (Lipinski definition) is 0. The second-order valence-electron chi connectivity index (χ2n) is 5.31. The van der Waals surface area contributed by atoms with Crippen LogP contribution in [0.1, 0.15) is 16.1 Å². The number of hydrogen-bond acceptors (Lipinski definition) is 6. The molecule has 26 heavy (non-hydrogen) atoms. The summed E-state index contributed by atoms with van der Waals surface area (Å²) in [6, 6.07) is 14.2. The molecular weight excluding hydrogens is 402 g/mol. The van der Waals surface area contributed by atoms with Crippen molar-refractivity contribution in [2.75, 3.05) is 14.2 Å². The highest BCUT2D eigenvalue weighted by molar-refractivity contribution is 9.10. The van der Waals surface area contributed by atoms with Crippen LogP contribution in [0.5, 0.6) is 11.5 Å². The standard InChI is InChI=1S/C19H16BrNO5/c1-23-16-8-7-12(9-18(16)24-2)17-10-13(21-26-17)11-25-19(22)14-5-3-4-6-15(14)20/h3-10H,11H2,1-2H3. The van der Waals surface area contributed by atoms with E-state index in [1.54, 1.807) is 50.6 Å². The first kappa shape index (κ1) is 18.0. The van der Waals surface area contributed by atoms with Gasteiger partial charge < -0.3 is 18.7 Å². The van der Waals surface area contributed by atoms with E-state index in [0.29, 0.717) is 33.0 Å². The summed E-state index contributed by atoms with van der Waals surface area (Å²) in [5, 5.41) is 3.94. The van der Waals surface area contributed by atoms with Crippen molar-refractivity contribution >= 4 is 21.9 Å². The highest BCUT2D eigenvalue weighted by Gasteiger charge is 2.14. The Bertz CT molecular complexity index is 922. The predicted octanol–water partition coefficient (Wildman–Crippen LogP) is 4.48. The summed E-state index contributed by atoms with van der Waals surface area (Å²) < 4.78 is 21.8. The number of methoxy groups -OCH3 is 2. The Morgan fingerprint density at radius 1 is 1.08 bits per heavy atom. The van der Waals surface area contributed by atoms with E-state index in [-0.39, 0.29) is 6.61 Å². The van der Waals surface area contributed by atoms with Gasteiger partial charge in [-0.15, -0.1) is 0 Å². The Labute approximate surface area is 158 Å². The molecule has 134 valence electrons. The molecule has 0 saturated carbocycles. The van der Waals surface area contributed by atoms with Gasteiger partial charge in [-0.05, 0) is 46.3 Å². The number of aromatic nitrogens is 1. The molecule has 1 heterocycles. The lowest BCUT2D eigenvalue weighted by Crippen LogP contribution is -2.06. The summed E-state index contributed by atoms with van der Waals surface area (Å²) in [5.41, 5.74) is 1.74. The number of rotatable bonds is 6. The molecule has 0 spiro atoms. The first-order chi connectivity index (χ1) is 12.6. The predicted molar refractivity (Wildman–Crippen MR) is 98.3 cm³/mol. The summed E-state index contributed by atoms with van der Waals surface area (Å²) >= 11 is 3.33. The van der Waals surface area contributed by atoms with Crippen LogP contribution in [-0.2, 0) is 11.3 Å². The molecule has 0 aliphatic heterocycles. The zero-order chi connectivity index (χ0) is 18.5. The number of benzene rings is 2. The average molecular weight is 418 g/mol. The fourth-order valence-electron chi connectivity index (χ4n) is 2.35. The van der Waals surface area contributed by atoms with E-state index < -0.39 is 5.97 Å². The maximum atomic E-state index is 12.1. The molecule has 0 N–H and O–H groups in total. The van der Waals surface area contributed by atoms with Crippen LogP contribution in [0.4, 0.5) is 0 Å². The number of esters is 1. The van der Waals surface area contributed by atoms with Gasteiger partial charge in [-0.25, -0.2) is 4.79 Å². The fraction of sp³-hybridized carbons (Fsp3) is 0.158. The summed E-state index contributed by atoms with van der Waals surface area (Å²) in [5.74, 6) is 1.31. The second-order valence-corrected chi connectivity index (χ2v) is 6.16. The van der Waals surface area contributed by atoms with Gasteiger partial charge in [0.05, 0.1) is 19.8 Å². The van der Waals surface area contributed by atoms with Crippen molar-refractivity contribution in [2.45, 2.75) is 6.61 Å². The molecule has 0 bridgehead atoms. The maximum absolute atomic E-state index is 12.1. The third kappa shape index (κ3) is 3.88. The molecule has 3 rings (SSSR count). The summed E-state index contributed by atoms with van der Waals surface area (Å²) in [7, 11) is 3.14. The normalized spacial score (nSPS) is 10.4. The van der Waals surface area contributed by atoms with Crippen LogP contribution in [0, 0.1) is 0 Å². The minimum Gasteiger partial charge on any atom is -0.493 e. The van der Waals surface area contributed by atoms with Gasteiger partial charge >= 0.3 is 5.97 Å². The van der Waals surface area contributed by atoms with Crippen molar-refractivity contribution in [3.63, 3.8) is 0 Å². The zero-order valence-corrected chi connectivity index (χ0v) is 15.8. The van der Waals surface area contributed by atoms with Crippen molar-refractivity contribution in [3.8, 4) is 22.8 Å². The summed E-state index contributed by atoms with van der Waals surface area (Å²) in [6.07, 6.45) is 0. The van der Waals surface area contributed by atoms with Crippen molar-refractivity contribution in [1.82, 2.24) is 5.16 Å². The Morgan fingerprint density at radius 2 is 1.85 bits per heavy atom. The number of carbonyl (C=O) groups is 1. The van der Waals surface area contributed by atoms with E-state index in [1.807, 2.05) is 12.1 Å². The highest BCUT2D eigenvalue weighted by atomic mass is 79.9. The Hall–Kier alpha value is -2.80. The Balaban J connectivity index is 1.70. The van der Waals surface area contributed by atoms with E-state index in [1.165, 1.54) is 0 Å². The number of nitrogens with zero attached hydrogens (tertiary/aromatic N) is 1. The molecule has 0 amide bonds. The van der Waals surface area contributed by atoms with Gasteiger partial charge in [0.15, 0.2) is 17.3 Å². The van der Waals surface area contributed by atoms with Gasteiger partial charge in [0.1, 0.15) is 12.3 Å². The molecule has 0 aliphatic rings. The minimum atomic E-state index is -0.437. The first-order valence-electron chi connectivity index (χ1n) is 7.72. The third-order valence-corrected chi connectivity index (χ3v) is 4.36. The van der Waals surface area contributed by atoms with E-state index in [4.69, 9.17) is 18.7 Å². The lowest BCUT2D eigenvalue weighted by atomic mass is 10.1. The van der Waals surface area contributed by atoms with Crippen molar-refractivity contribution in [2.24, 2.45) is 0 Å². The van der Waals surface area contributed by atoms with Crippen LogP contribution in [-0.4, -0.2) is 25.3 Å². The lowest BCUT2D eigenvalue weighted by Gasteiger charge is -2.07. The lowest BCUT2D eigenvalue weighted by molar-refractivity contribution is 0.0463. The van der Waals surface area contributed by atoms with Gasteiger partial charge in [-0.3, -0.25) is 0 Å². The number of ether oxygens (including phenoxy) is 3. The van der Waals surface area contributed by atoms with Crippen LogP contribution >= 0.6 is 15.9 Å². The van der Waals surface area contributed by atoms with Crippen LogP contribution in [0.25, 0.3) is 11.3 Å². The largest absolute Gasteiger partial charge is 0.493 e. The summed E-state index contributed by atoms with van der Waals surface area (Å²) in [4.78, 5) is 12.1. The SMILES string of the molecule is COc1ccc(-c2cc(COC(=O)c3ccccc3Br)no2)cc1OC. The topological polar surface area (TPSA) is 70.8 Å². The highest BCUT2D eigenvalue weighted by Crippen LogP contribution is 2.32. The Morgan fingerprint density at radius 3 is 2.58 bits per heavy atom. The molecule has 0 saturated heterocycles. The van der Waals surface area contributed by atoms with Crippen LogP contribution in [0.3, 0.4) is 0 Å². The monoisotopic (exact) mass is 417 g/mol. The van der Waals surface area contributed by atoms with E-state index in [0.717, 1.165) is 5.56 Å². The van der Waals surface area contributed by atoms with Crippen molar-refractivity contribution in [3.05, 3.63) is 64.3 Å². The minimum absolute atomic E-state index is 0.0109. The maximum Gasteiger partial charge on any atom is 0.339 e. The van der Waals surface area contributed by atoms with Gasteiger partial charge in [-0.1, -0.05) is 17.3 Å². The molecule has 2 aromatic carbocycles. The molecule has 6 nitrogen and oxygen atoms in total. The molecule has 0 radical (unpaired) electrons. The third-order valence-electron chi connectivity index (χ3n) is 3.67. The van der Waals surface area contributed by atoms with E-state index in [2.05, 4.69) is 21.1 Å². The zero-order valence-electron chi connectivity index (χ0n) is 14.2. The van der Waals surface area contributed by atoms with Crippen LogP contribution in [0.15, 0.2) is 57.5 Å². The molecule has 0 unspecified atom stereocenters. The quantitative estimate of drug-likeness (QED) is 0.550. The summed E-state index contributed by atoms with van der Waals surface area (Å²) in [6.45, 7) is 0.0109. The van der Waals surface area contributed by atoms with Crippen molar-refractivity contribution < 1.29 is 23.5 Å². The van der Waals surface area contributed by atoms with Gasteiger partial charge in [0, 0.05) is 16.1 Å². The molecule has 1 aromatic heterocycles. The van der Waals surface area contributed by atoms with Gasteiger partial charge in [0.25, 0.3) is 0 Å². The smallest absolute Gasteiger partial charge is 0.339 e. The molecule has 0 aliphatic carbocycles. The molecule has 0 fully saturated rings. The average Bonchev–Trinajstić information content (AvgIpc) is 3.15. The molecule has 3 aromatic rings. The fourth-order valence-corrected chi connectivity index (χ4v) is 2.80. The molecular formula is C19H16BrNO5.